The molecule has 0 heterocycles. The van der Waals surface area contributed by atoms with E-state index in [1.54, 1.807) is 26.0 Å². The third-order valence-electron chi connectivity index (χ3n) is 3.63. The van der Waals surface area contributed by atoms with E-state index in [9.17, 15) is 22.8 Å². The highest BCUT2D eigenvalue weighted by molar-refractivity contribution is 6.30. The van der Waals surface area contributed by atoms with Crippen molar-refractivity contribution in [1.29, 1.82) is 0 Å². The van der Waals surface area contributed by atoms with E-state index in [1.165, 1.54) is 6.07 Å². The van der Waals surface area contributed by atoms with Crippen LogP contribution in [0.4, 0.5) is 24.5 Å². The summed E-state index contributed by atoms with van der Waals surface area (Å²) in [5, 5.41) is 4.61. The second-order valence-corrected chi connectivity index (χ2v) is 6.16. The number of rotatable bonds is 4. The van der Waals surface area contributed by atoms with Crippen LogP contribution >= 0.6 is 11.6 Å². The number of anilines is 2. The summed E-state index contributed by atoms with van der Waals surface area (Å²) in [6, 6.07) is 8.41. The lowest BCUT2D eigenvalue weighted by atomic mass is 10.1. The van der Waals surface area contributed by atoms with Gasteiger partial charge in [-0.1, -0.05) is 29.8 Å². The molecule has 0 saturated heterocycles. The van der Waals surface area contributed by atoms with E-state index in [4.69, 9.17) is 11.6 Å². The molecule has 0 unspecified atom stereocenters. The quantitative estimate of drug-likeness (QED) is 0.733. The zero-order valence-electron chi connectivity index (χ0n) is 14.0. The molecule has 0 radical (unpaired) electrons. The topological polar surface area (TPSA) is 58.2 Å². The third kappa shape index (κ3) is 4.98. The molecule has 0 aliphatic rings. The van der Waals surface area contributed by atoms with Gasteiger partial charge in [-0.15, -0.1) is 0 Å². The molecule has 2 aromatic carbocycles. The van der Waals surface area contributed by atoms with Crippen LogP contribution in [0.25, 0.3) is 0 Å². The molecule has 138 valence electrons. The van der Waals surface area contributed by atoms with Gasteiger partial charge in [-0.25, -0.2) is 0 Å². The fraction of sp³-hybridized carbons (Fsp3) is 0.222. The summed E-state index contributed by atoms with van der Waals surface area (Å²) in [5.41, 5.74) is 0.680. The maximum atomic E-state index is 13.0. The van der Waals surface area contributed by atoms with Gasteiger partial charge in [0, 0.05) is 10.7 Å². The van der Waals surface area contributed by atoms with Crippen LogP contribution in [0.15, 0.2) is 36.4 Å². The Hall–Kier alpha value is -2.54. The van der Waals surface area contributed by atoms with Gasteiger partial charge in [0.25, 0.3) is 0 Å². The SMILES string of the molecule is Cc1cccc(C)c1NC(=O)CC(=O)Nc1ccc(Cl)cc1C(F)(F)F. The highest BCUT2D eigenvalue weighted by atomic mass is 35.5. The molecule has 4 nitrogen and oxygen atoms in total. The molecule has 0 saturated carbocycles. The molecule has 0 fully saturated rings. The molecule has 26 heavy (non-hydrogen) atoms. The van der Waals surface area contributed by atoms with Gasteiger partial charge < -0.3 is 10.6 Å². The molecular weight excluding hydrogens is 369 g/mol. The van der Waals surface area contributed by atoms with Crippen molar-refractivity contribution < 1.29 is 22.8 Å². The first-order valence-electron chi connectivity index (χ1n) is 7.60. The number of para-hydroxylation sites is 1. The van der Waals surface area contributed by atoms with E-state index in [0.717, 1.165) is 17.2 Å². The Morgan fingerprint density at radius 1 is 1.00 bits per heavy atom. The summed E-state index contributed by atoms with van der Waals surface area (Å²) in [4.78, 5) is 24.0. The Kier molecular flexibility index (Phi) is 5.92. The molecule has 0 bridgehead atoms. The first kappa shape index (κ1) is 19.8. The number of alkyl halides is 3. The number of nitrogens with one attached hydrogen (secondary N) is 2. The normalized spacial score (nSPS) is 11.2. The average molecular weight is 385 g/mol. The number of aryl methyl sites for hydroxylation is 2. The Morgan fingerprint density at radius 2 is 1.58 bits per heavy atom. The van der Waals surface area contributed by atoms with Gasteiger partial charge in [-0.3, -0.25) is 9.59 Å². The molecule has 0 aromatic heterocycles. The van der Waals surface area contributed by atoms with E-state index in [2.05, 4.69) is 10.6 Å². The zero-order valence-corrected chi connectivity index (χ0v) is 14.8. The van der Waals surface area contributed by atoms with Gasteiger partial charge in [0.15, 0.2) is 0 Å². The summed E-state index contributed by atoms with van der Waals surface area (Å²) in [7, 11) is 0. The minimum absolute atomic E-state index is 0.108. The fourth-order valence-electron chi connectivity index (χ4n) is 2.40. The van der Waals surface area contributed by atoms with E-state index in [0.29, 0.717) is 11.8 Å². The van der Waals surface area contributed by atoms with Gasteiger partial charge in [-0.2, -0.15) is 13.2 Å². The van der Waals surface area contributed by atoms with Crippen LogP contribution in [0.2, 0.25) is 5.02 Å². The van der Waals surface area contributed by atoms with Crippen LogP contribution in [0.1, 0.15) is 23.1 Å². The molecule has 0 atom stereocenters. The molecule has 2 amide bonds. The number of carbonyl (C=O) groups excluding carboxylic acids is 2. The molecule has 2 rings (SSSR count). The summed E-state index contributed by atoms with van der Waals surface area (Å²) in [6.45, 7) is 3.60. The highest BCUT2D eigenvalue weighted by Crippen LogP contribution is 2.36. The highest BCUT2D eigenvalue weighted by Gasteiger charge is 2.34. The largest absolute Gasteiger partial charge is 0.418 e. The molecule has 8 heteroatoms. The van der Waals surface area contributed by atoms with Gasteiger partial charge in [0.2, 0.25) is 11.8 Å². The maximum absolute atomic E-state index is 13.0. The lowest BCUT2D eigenvalue weighted by Crippen LogP contribution is -2.23. The van der Waals surface area contributed by atoms with Gasteiger partial charge in [0.05, 0.1) is 11.3 Å². The van der Waals surface area contributed by atoms with Crippen LogP contribution in [-0.4, -0.2) is 11.8 Å². The van der Waals surface area contributed by atoms with E-state index in [1.807, 2.05) is 6.07 Å². The zero-order chi connectivity index (χ0) is 19.5. The van der Waals surface area contributed by atoms with E-state index < -0.39 is 35.7 Å². The lowest BCUT2D eigenvalue weighted by molar-refractivity contribution is -0.137. The van der Waals surface area contributed by atoms with Gasteiger partial charge >= 0.3 is 6.18 Å². The molecule has 2 N–H and O–H groups in total. The van der Waals surface area contributed by atoms with Crippen molar-refractivity contribution >= 4 is 34.8 Å². The Balaban J connectivity index is 2.09. The second-order valence-electron chi connectivity index (χ2n) is 5.73. The minimum atomic E-state index is -4.69. The summed E-state index contributed by atoms with van der Waals surface area (Å²) >= 11 is 5.59. The first-order valence-corrected chi connectivity index (χ1v) is 7.98. The predicted molar refractivity (Wildman–Crippen MR) is 94.2 cm³/mol. The first-order chi connectivity index (χ1) is 12.1. The smallest absolute Gasteiger partial charge is 0.325 e. The van der Waals surface area contributed by atoms with Crippen molar-refractivity contribution in [3.8, 4) is 0 Å². The summed E-state index contributed by atoms with van der Waals surface area (Å²) in [6.07, 6.45) is -5.30. The van der Waals surface area contributed by atoms with Crippen LogP contribution in [0, 0.1) is 13.8 Å². The summed E-state index contributed by atoms with van der Waals surface area (Å²) < 4.78 is 39.1. The standard InChI is InChI=1S/C18H16ClF3N2O2/c1-10-4-3-5-11(2)17(10)24-16(26)9-15(25)23-14-7-6-12(19)8-13(14)18(20,21)22/h3-8H,9H2,1-2H3,(H,23,25)(H,24,26). The number of benzene rings is 2. The predicted octanol–water partition coefficient (Wildman–Crippen LogP) is 4.94. The van der Waals surface area contributed by atoms with Crippen LogP contribution in [0.5, 0.6) is 0 Å². The maximum Gasteiger partial charge on any atom is 0.418 e. The molecule has 0 aliphatic carbocycles. The minimum Gasteiger partial charge on any atom is -0.325 e. The Bertz CT molecular complexity index is 831. The number of hydrogen-bond donors (Lipinski definition) is 2. The molecule has 2 aromatic rings. The Labute approximate surface area is 153 Å². The lowest BCUT2D eigenvalue weighted by Gasteiger charge is -2.15. The number of carbonyl (C=O) groups is 2. The number of hydrogen-bond acceptors (Lipinski definition) is 2. The molecular formula is C18H16ClF3N2O2. The molecule has 0 spiro atoms. The van der Waals surface area contributed by atoms with Crippen molar-refractivity contribution in [1.82, 2.24) is 0 Å². The van der Waals surface area contributed by atoms with Crippen LogP contribution in [0.3, 0.4) is 0 Å². The van der Waals surface area contributed by atoms with Crippen LogP contribution < -0.4 is 10.6 Å². The van der Waals surface area contributed by atoms with Crippen molar-refractivity contribution in [2.75, 3.05) is 10.6 Å². The van der Waals surface area contributed by atoms with E-state index in [-0.39, 0.29) is 5.02 Å². The van der Waals surface area contributed by atoms with Crippen molar-refractivity contribution in [2.45, 2.75) is 26.4 Å². The Morgan fingerprint density at radius 3 is 2.15 bits per heavy atom. The second kappa shape index (κ2) is 7.78. The fourth-order valence-corrected chi connectivity index (χ4v) is 2.57. The van der Waals surface area contributed by atoms with Gasteiger partial charge in [-0.05, 0) is 43.2 Å². The van der Waals surface area contributed by atoms with Crippen molar-refractivity contribution in [3.05, 3.63) is 58.1 Å². The van der Waals surface area contributed by atoms with Crippen LogP contribution in [-0.2, 0) is 15.8 Å². The monoisotopic (exact) mass is 384 g/mol. The number of amides is 2. The third-order valence-corrected chi connectivity index (χ3v) is 3.86. The van der Waals surface area contributed by atoms with Gasteiger partial charge in [0.1, 0.15) is 6.42 Å². The summed E-state index contributed by atoms with van der Waals surface area (Å²) in [5.74, 6) is -1.48. The molecule has 0 aliphatic heterocycles. The number of halogens is 4. The van der Waals surface area contributed by atoms with Crippen molar-refractivity contribution in [2.24, 2.45) is 0 Å². The average Bonchev–Trinajstić information content (AvgIpc) is 2.51. The van der Waals surface area contributed by atoms with E-state index >= 15 is 0 Å². The van der Waals surface area contributed by atoms with Crippen molar-refractivity contribution in [3.63, 3.8) is 0 Å².